The van der Waals surface area contributed by atoms with E-state index in [0.29, 0.717) is 0 Å². The van der Waals surface area contributed by atoms with Crippen molar-refractivity contribution in [3.63, 3.8) is 0 Å². The van der Waals surface area contributed by atoms with Crippen LogP contribution in [0.25, 0.3) is 0 Å². The van der Waals surface area contributed by atoms with E-state index in [0.717, 1.165) is 0 Å². The molecule has 0 amide bonds. The van der Waals surface area contributed by atoms with E-state index in [4.69, 9.17) is 5.11 Å². The van der Waals surface area contributed by atoms with Gasteiger partial charge in [0.05, 0.1) is 6.61 Å². The van der Waals surface area contributed by atoms with E-state index < -0.39 is 13.6 Å². The molecule has 1 N–H and O–H groups in total. The van der Waals surface area contributed by atoms with E-state index in [1.165, 1.54) is 0 Å². The molecule has 0 bridgehead atoms. The molecule has 0 aromatic rings. The Morgan fingerprint density at radius 3 is 1.11 bits per heavy atom. The molecule has 0 aromatic heterocycles. The second-order valence-corrected chi connectivity index (χ2v) is 0.514. The van der Waals surface area contributed by atoms with Gasteiger partial charge >= 0.3 is 0 Å². The number of aliphatic hydroxyl groups is 1. The number of aliphatic hydroxyl groups excluding tert-OH is 1. The van der Waals surface area contributed by atoms with E-state index in [-0.39, 0.29) is 21.5 Å². The third kappa shape index (κ3) is 456. The first-order valence-electron chi connectivity index (χ1n) is 1.62. The second kappa shape index (κ2) is 46.7. The Labute approximate surface area is 54.5 Å². The van der Waals surface area contributed by atoms with E-state index in [2.05, 4.69) is 0 Å². The van der Waals surface area contributed by atoms with Crippen molar-refractivity contribution < 1.29 is 18.3 Å². The van der Waals surface area contributed by atoms with Crippen molar-refractivity contribution >= 4 is 0 Å². The molecule has 0 rings (SSSR count). The predicted molar refractivity (Wildman–Crippen MR) is 33.6 cm³/mol. The minimum atomic E-state index is -1.75. The monoisotopic (exact) mass is 148 g/mol. The zero-order valence-electron chi connectivity index (χ0n) is 3.70. The minimum absolute atomic E-state index is 0. The summed E-state index contributed by atoms with van der Waals surface area (Å²) in [7, 11) is 0. The van der Waals surface area contributed by atoms with Crippen LogP contribution < -0.4 is 0 Å². The maximum absolute atomic E-state index is 10.5. The van der Waals surface area contributed by atoms with Gasteiger partial charge in [-0.2, -0.15) is 0 Å². The maximum Gasteiger partial charge on any atom is 0.229 e. The highest BCUT2D eigenvalue weighted by molar-refractivity contribution is 4.08. The Balaban J connectivity index is -0.0000000233. The Morgan fingerprint density at radius 1 is 1.00 bits per heavy atom. The van der Waals surface area contributed by atoms with Gasteiger partial charge in [-0.1, -0.05) is 14.9 Å². The van der Waals surface area contributed by atoms with Gasteiger partial charge in [-0.05, 0) is 0 Å². The third-order valence-corrected chi connectivity index (χ3v) is 0.0845. The van der Waals surface area contributed by atoms with Crippen molar-refractivity contribution in [3.8, 4) is 0 Å². The van der Waals surface area contributed by atoms with Crippen molar-refractivity contribution in [2.45, 2.75) is 14.9 Å². The molecule has 0 aliphatic heterocycles. The number of halogens is 3. The lowest BCUT2D eigenvalue weighted by Gasteiger charge is -1.66. The molecule has 0 atom stereocenters. The van der Waals surface area contributed by atoms with Crippen LogP contribution in [0.5, 0.6) is 0 Å². The molecular weight excluding hydrogens is 133 g/mol. The van der Waals surface area contributed by atoms with Crippen molar-refractivity contribution in [2.75, 3.05) is 20.2 Å². The van der Waals surface area contributed by atoms with E-state index >= 15 is 0 Å². The first kappa shape index (κ1) is 23.3. The third-order valence-electron chi connectivity index (χ3n) is 0.0845. The molecule has 0 saturated heterocycles. The fraction of sp³-hybridized carbons (Fsp3) is 1.00. The number of alkyl halides is 3. The van der Waals surface area contributed by atoms with E-state index in [1.807, 2.05) is 0 Å². The van der Waals surface area contributed by atoms with Crippen LogP contribution in [0.3, 0.4) is 0 Å². The molecule has 0 radical (unpaired) electrons. The smallest absolute Gasteiger partial charge is 0.229 e. The molecule has 1 nitrogen and oxygen atoms in total. The van der Waals surface area contributed by atoms with Crippen LogP contribution in [0.1, 0.15) is 14.9 Å². The Morgan fingerprint density at radius 2 is 1.11 bits per heavy atom. The molecule has 0 spiro atoms. The number of hydrogen-bond donors (Lipinski definition) is 1. The van der Waals surface area contributed by atoms with Crippen LogP contribution >= 0.6 is 0 Å². The Bertz CT molecular complexity index is 19.7. The molecule has 0 aliphatic rings. The number of rotatable bonds is 1. The summed E-state index contributed by atoms with van der Waals surface area (Å²) >= 11 is 0. The zero-order chi connectivity index (χ0) is 6.12. The summed E-state index contributed by atoms with van der Waals surface area (Å²) in [4.78, 5) is 0. The molecule has 0 saturated carbocycles. The normalized spacial score (nSPS) is 5.33. The fourth-order valence-corrected chi connectivity index (χ4v) is 0. The molecule has 0 heterocycles. The lowest BCUT2D eigenvalue weighted by molar-refractivity contribution is 0.253. The maximum atomic E-state index is 10.5. The SMILES string of the molecule is C.C.FCF.OCCF. The first-order valence-corrected chi connectivity index (χ1v) is 1.62. The van der Waals surface area contributed by atoms with Crippen molar-refractivity contribution in [1.29, 1.82) is 0 Å². The van der Waals surface area contributed by atoms with Crippen molar-refractivity contribution in [3.05, 3.63) is 0 Å². The van der Waals surface area contributed by atoms with Crippen LogP contribution in [0.2, 0.25) is 0 Å². The standard InChI is InChI=1S/C2H5FO.CH2F2.2CH4/c3-1-2-4;2-1-3;;/h4H,1-2H2;1H2;2*1H4. The van der Waals surface area contributed by atoms with Gasteiger partial charge in [0.25, 0.3) is 0 Å². The highest BCUT2D eigenvalue weighted by atomic mass is 19.3. The van der Waals surface area contributed by atoms with Crippen LogP contribution in [-0.4, -0.2) is 25.3 Å². The summed E-state index contributed by atoms with van der Waals surface area (Å²) in [5.74, 6) is 0. The molecule has 62 valence electrons. The second-order valence-electron chi connectivity index (χ2n) is 0.514. The van der Waals surface area contributed by atoms with Gasteiger partial charge in [0.1, 0.15) is 6.67 Å². The van der Waals surface area contributed by atoms with Gasteiger partial charge < -0.3 is 5.11 Å². The van der Waals surface area contributed by atoms with Gasteiger partial charge in [0.15, 0.2) is 0 Å². The quantitative estimate of drug-likeness (QED) is 0.603. The highest BCUT2D eigenvalue weighted by Gasteiger charge is 1.61. The molecule has 9 heavy (non-hydrogen) atoms. The first-order chi connectivity index (χ1) is 3.33. The van der Waals surface area contributed by atoms with E-state index in [1.54, 1.807) is 0 Å². The molecule has 4 heteroatoms. The molecule has 0 unspecified atom stereocenters. The van der Waals surface area contributed by atoms with E-state index in [9.17, 15) is 13.2 Å². The average Bonchev–Trinajstić information content (AvgIpc) is 1.69. The summed E-state index contributed by atoms with van der Waals surface area (Å²) in [5.41, 5.74) is 0. The lowest BCUT2D eigenvalue weighted by Crippen LogP contribution is -1.77. The Hall–Kier alpha value is -0.250. The van der Waals surface area contributed by atoms with Gasteiger partial charge in [-0.25, -0.2) is 13.2 Å². The predicted octanol–water partition coefficient (Wildman–Crippen LogP) is 2.10. The summed E-state index contributed by atoms with van der Waals surface area (Å²) in [6, 6.07) is 0. The summed E-state index contributed by atoms with van der Waals surface area (Å²) in [6.07, 6.45) is 0. The van der Waals surface area contributed by atoms with Crippen LogP contribution in [0, 0.1) is 0 Å². The molecule has 0 aliphatic carbocycles. The topological polar surface area (TPSA) is 20.2 Å². The molecule has 0 aromatic carbocycles. The Kier molecular flexibility index (Phi) is 121. The van der Waals surface area contributed by atoms with Crippen molar-refractivity contribution in [2.24, 2.45) is 0 Å². The zero-order valence-corrected chi connectivity index (χ0v) is 3.70. The van der Waals surface area contributed by atoms with Gasteiger partial charge in [-0.15, -0.1) is 0 Å². The summed E-state index contributed by atoms with van der Waals surface area (Å²) < 4.78 is 29.7. The molecule has 0 fully saturated rings. The minimum Gasteiger partial charge on any atom is -0.394 e. The van der Waals surface area contributed by atoms with Gasteiger partial charge in [-0.3, -0.25) is 0 Å². The average molecular weight is 148 g/mol. The number of hydrogen-bond acceptors (Lipinski definition) is 1. The largest absolute Gasteiger partial charge is 0.394 e. The fourth-order valence-electron chi connectivity index (χ4n) is 0. The van der Waals surface area contributed by atoms with Gasteiger partial charge in [0, 0.05) is 0 Å². The summed E-state index contributed by atoms with van der Waals surface area (Å²) in [5, 5.41) is 7.50. The highest BCUT2D eigenvalue weighted by Crippen LogP contribution is 1.56. The van der Waals surface area contributed by atoms with Crippen molar-refractivity contribution in [1.82, 2.24) is 0 Å². The van der Waals surface area contributed by atoms with Crippen LogP contribution in [0.15, 0.2) is 0 Å². The van der Waals surface area contributed by atoms with Gasteiger partial charge in [0.2, 0.25) is 6.93 Å². The van der Waals surface area contributed by atoms with Crippen LogP contribution in [0.4, 0.5) is 13.2 Å². The molecular formula is C5H15F3O. The summed E-state index contributed by atoms with van der Waals surface area (Å²) in [6.45, 7) is -2.72. The lowest BCUT2D eigenvalue weighted by atomic mass is 10.9. The van der Waals surface area contributed by atoms with Crippen LogP contribution in [-0.2, 0) is 0 Å².